The number of hydrogen-bond donors (Lipinski definition) is 1. The minimum absolute atomic E-state index is 0.122. The highest BCUT2D eigenvalue weighted by Crippen LogP contribution is 2.36. The summed E-state index contributed by atoms with van der Waals surface area (Å²) in [4.78, 5) is 29.6. The van der Waals surface area contributed by atoms with Gasteiger partial charge < -0.3 is 14.6 Å². The van der Waals surface area contributed by atoms with E-state index in [9.17, 15) is 9.59 Å². The lowest BCUT2D eigenvalue weighted by molar-refractivity contribution is -0.116. The molecule has 2 heterocycles. The molecule has 0 saturated heterocycles. The summed E-state index contributed by atoms with van der Waals surface area (Å²) in [6, 6.07) is 15.7. The maximum Gasteiger partial charge on any atom is 0.279 e. The van der Waals surface area contributed by atoms with E-state index in [1.54, 1.807) is 10.6 Å². The second kappa shape index (κ2) is 9.44. The maximum atomic E-state index is 12.9. The normalized spacial score (nSPS) is 15.1. The van der Waals surface area contributed by atoms with Crippen molar-refractivity contribution in [1.82, 2.24) is 9.55 Å². The van der Waals surface area contributed by atoms with Crippen molar-refractivity contribution in [3.63, 3.8) is 0 Å². The van der Waals surface area contributed by atoms with Crippen LogP contribution < -0.4 is 15.6 Å². The Bertz CT molecular complexity index is 1220. The molecule has 0 saturated carbocycles. The summed E-state index contributed by atoms with van der Waals surface area (Å²) in [5.74, 6) is 1.40. The second-order valence-corrected chi connectivity index (χ2v) is 8.70. The van der Waals surface area contributed by atoms with Crippen LogP contribution in [0, 0.1) is 6.92 Å². The van der Waals surface area contributed by atoms with Gasteiger partial charge in [0.1, 0.15) is 18.2 Å². The van der Waals surface area contributed by atoms with Crippen LogP contribution in [0.3, 0.4) is 0 Å². The number of thioether (sulfide) groups is 1. The fourth-order valence-electron chi connectivity index (χ4n) is 3.81. The van der Waals surface area contributed by atoms with E-state index in [0.717, 1.165) is 16.9 Å². The zero-order chi connectivity index (χ0) is 22.7. The van der Waals surface area contributed by atoms with E-state index in [4.69, 9.17) is 4.74 Å². The van der Waals surface area contributed by atoms with Gasteiger partial charge in [-0.1, -0.05) is 54.2 Å². The summed E-state index contributed by atoms with van der Waals surface area (Å²) in [7, 11) is 1.81. The first-order valence-electron chi connectivity index (χ1n) is 10.4. The largest absolute Gasteiger partial charge is 0.489 e. The molecule has 3 aromatic rings. The molecular formula is C25H25N3O3S. The highest BCUT2D eigenvalue weighted by Gasteiger charge is 2.32. The van der Waals surface area contributed by atoms with Crippen molar-refractivity contribution in [3.8, 4) is 5.75 Å². The highest BCUT2D eigenvalue weighted by molar-refractivity contribution is 7.99. The van der Waals surface area contributed by atoms with Gasteiger partial charge in [-0.15, -0.1) is 6.58 Å². The van der Waals surface area contributed by atoms with Crippen molar-refractivity contribution < 1.29 is 9.53 Å². The van der Waals surface area contributed by atoms with Gasteiger partial charge in [0.15, 0.2) is 5.16 Å². The van der Waals surface area contributed by atoms with Gasteiger partial charge in [-0.3, -0.25) is 9.59 Å². The molecule has 1 N–H and O–H groups in total. The SMILES string of the molecule is C=CCSc1nc(=O)c2c(n1C)NC(=O)CC2c1ccc(OCc2ccccc2C)cc1. The number of hydrogen-bond acceptors (Lipinski definition) is 5. The van der Waals surface area contributed by atoms with Crippen molar-refractivity contribution in [3.05, 3.63) is 93.8 Å². The molecule has 0 radical (unpaired) electrons. The van der Waals surface area contributed by atoms with Gasteiger partial charge in [-0.25, -0.2) is 0 Å². The van der Waals surface area contributed by atoms with E-state index < -0.39 is 0 Å². The molecule has 6 nitrogen and oxygen atoms in total. The third kappa shape index (κ3) is 4.48. The van der Waals surface area contributed by atoms with Crippen molar-refractivity contribution >= 4 is 23.5 Å². The number of aromatic nitrogens is 2. The topological polar surface area (TPSA) is 73.2 Å². The number of carbonyl (C=O) groups excluding carboxylic acids is 1. The fraction of sp³-hybridized carbons (Fsp3) is 0.240. The Morgan fingerprint density at radius 3 is 2.69 bits per heavy atom. The molecular weight excluding hydrogens is 422 g/mol. The molecule has 7 heteroatoms. The molecule has 2 aromatic carbocycles. The van der Waals surface area contributed by atoms with E-state index in [-0.39, 0.29) is 23.8 Å². The zero-order valence-electron chi connectivity index (χ0n) is 18.1. The Balaban J connectivity index is 1.60. The maximum absolute atomic E-state index is 12.9. The van der Waals surface area contributed by atoms with Crippen LogP contribution in [0.4, 0.5) is 5.82 Å². The second-order valence-electron chi connectivity index (χ2n) is 7.71. The third-order valence-corrected chi connectivity index (χ3v) is 6.59. The van der Waals surface area contributed by atoms with Gasteiger partial charge in [-0.2, -0.15) is 4.98 Å². The van der Waals surface area contributed by atoms with Crippen molar-refractivity contribution in [1.29, 1.82) is 0 Å². The van der Waals surface area contributed by atoms with Gasteiger partial charge in [0.05, 0.1) is 5.56 Å². The molecule has 0 aliphatic carbocycles. The lowest BCUT2D eigenvalue weighted by Crippen LogP contribution is -2.33. The molecule has 164 valence electrons. The molecule has 1 unspecified atom stereocenters. The third-order valence-electron chi connectivity index (χ3n) is 5.57. The lowest BCUT2D eigenvalue weighted by Gasteiger charge is -2.27. The molecule has 0 fully saturated rings. The first-order chi connectivity index (χ1) is 15.5. The van der Waals surface area contributed by atoms with E-state index >= 15 is 0 Å². The summed E-state index contributed by atoms with van der Waals surface area (Å²) in [6.07, 6.45) is 1.95. The molecule has 32 heavy (non-hydrogen) atoms. The molecule has 1 amide bonds. The van der Waals surface area contributed by atoms with Crippen LogP contribution in [0.25, 0.3) is 0 Å². The van der Waals surface area contributed by atoms with Crippen LogP contribution in [0.1, 0.15) is 34.6 Å². The monoisotopic (exact) mass is 447 g/mol. The van der Waals surface area contributed by atoms with Gasteiger partial charge in [0, 0.05) is 25.1 Å². The predicted molar refractivity (Wildman–Crippen MR) is 127 cm³/mol. The smallest absolute Gasteiger partial charge is 0.279 e. The number of amides is 1. The number of carbonyl (C=O) groups is 1. The van der Waals surface area contributed by atoms with Gasteiger partial charge in [0.25, 0.3) is 5.56 Å². The van der Waals surface area contributed by atoms with Crippen molar-refractivity contribution in [2.75, 3.05) is 11.1 Å². The van der Waals surface area contributed by atoms with E-state index in [0.29, 0.717) is 28.9 Å². The number of benzene rings is 2. The highest BCUT2D eigenvalue weighted by atomic mass is 32.2. The molecule has 4 rings (SSSR count). The van der Waals surface area contributed by atoms with E-state index in [2.05, 4.69) is 29.9 Å². The zero-order valence-corrected chi connectivity index (χ0v) is 18.9. The fourth-order valence-corrected chi connectivity index (χ4v) is 4.51. The van der Waals surface area contributed by atoms with Gasteiger partial charge in [0.2, 0.25) is 5.91 Å². The van der Waals surface area contributed by atoms with Crippen LogP contribution in [0.15, 0.2) is 71.1 Å². The summed E-state index contributed by atoms with van der Waals surface area (Å²) < 4.78 is 7.71. The first-order valence-corrected chi connectivity index (χ1v) is 11.4. The Morgan fingerprint density at radius 2 is 1.97 bits per heavy atom. The molecule has 1 aliphatic rings. The van der Waals surface area contributed by atoms with E-state index in [1.165, 1.54) is 17.3 Å². The average molecular weight is 448 g/mol. The molecule has 0 spiro atoms. The molecule has 1 atom stereocenters. The Morgan fingerprint density at radius 1 is 1.22 bits per heavy atom. The van der Waals surface area contributed by atoms with Crippen molar-refractivity contribution in [2.24, 2.45) is 7.05 Å². The van der Waals surface area contributed by atoms with Crippen molar-refractivity contribution in [2.45, 2.75) is 31.0 Å². The van der Waals surface area contributed by atoms with Gasteiger partial charge in [-0.05, 0) is 35.7 Å². The summed E-state index contributed by atoms with van der Waals surface area (Å²) in [5, 5.41) is 3.41. The molecule has 1 aromatic heterocycles. The van der Waals surface area contributed by atoms with Crippen LogP contribution in [0.5, 0.6) is 5.75 Å². The van der Waals surface area contributed by atoms with Crippen LogP contribution >= 0.6 is 11.8 Å². The Hall–Kier alpha value is -3.32. The summed E-state index contributed by atoms with van der Waals surface area (Å²) >= 11 is 1.40. The number of anilines is 1. The lowest BCUT2D eigenvalue weighted by atomic mass is 9.87. The van der Waals surface area contributed by atoms with Gasteiger partial charge >= 0.3 is 0 Å². The van der Waals surface area contributed by atoms with Crippen LogP contribution in [-0.4, -0.2) is 21.2 Å². The van der Waals surface area contributed by atoms with Crippen LogP contribution in [-0.2, 0) is 18.4 Å². The number of ether oxygens (including phenoxy) is 1. The number of rotatable bonds is 7. The Labute approximate surface area is 191 Å². The number of nitrogens with zero attached hydrogens (tertiary/aromatic N) is 2. The number of fused-ring (bicyclic) bond motifs is 1. The quantitative estimate of drug-likeness (QED) is 0.330. The minimum Gasteiger partial charge on any atom is -0.489 e. The average Bonchev–Trinajstić information content (AvgIpc) is 2.79. The molecule has 1 aliphatic heterocycles. The summed E-state index contributed by atoms with van der Waals surface area (Å²) in [6.45, 7) is 6.25. The first kappa shape index (κ1) is 21.9. The molecule has 0 bridgehead atoms. The van der Waals surface area contributed by atoms with Crippen LogP contribution in [0.2, 0.25) is 0 Å². The number of nitrogens with one attached hydrogen (secondary N) is 1. The summed E-state index contributed by atoms with van der Waals surface area (Å²) in [5.41, 5.74) is 3.41. The Kier molecular flexibility index (Phi) is 6.46. The predicted octanol–water partition coefficient (Wildman–Crippen LogP) is 4.42. The van der Waals surface area contributed by atoms with E-state index in [1.807, 2.05) is 49.5 Å². The minimum atomic E-state index is -0.353. The number of aryl methyl sites for hydroxylation is 1. The standard InChI is InChI=1S/C25H25N3O3S/c1-4-13-32-25-27-24(30)22-20(14-21(29)26-23(22)28(25)3)17-9-11-19(12-10-17)31-15-18-8-6-5-7-16(18)2/h4-12,20H,1,13-15H2,2-3H3,(H,26,29).